The molecule has 1 aromatic heterocycles. The number of aliphatic hydroxyl groups excluding tert-OH is 1. The quantitative estimate of drug-likeness (QED) is 0.627. The van der Waals surface area contributed by atoms with Gasteiger partial charge in [-0.3, -0.25) is 4.98 Å². The molecular formula is C10H11N2O+. The molecule has 1 aromatic rings. The molecule has 13 heavy (non-hydrogen) atoms. The molecule has 1 aliphatic heterocycles. The topological polar surface area (TPSA) is 36.1 Å². The van der Waals surface area contributed by atoms with Gasteiger partial charge in [-0.25, -0.2) is 4.58 Å². The zero-order chi connectivity index (χ0) is 9.26. The monoisotopic (exact) mass is 175 g/mol. The molecule has 1 aliphatic rings. The van der Waals surface area contributed by atoms with Crippen molar-refractivity contribution in [2.45, 2.75) is 6.23 Å². The van der Waals surface area contributed by atoms with Gasteiger partial charge in [0.05, 0.1) is 5.56 Å². The van der Waals surface area contributed by atoms with Crippen molar-refractivity contribution < 1.29 is 9.68 Å². The van der Waals surface area contributed by atoms with E-state index in [4.69, 9.17) is 0 Å². The van der Waals surface area contributed by atoms with Gasteiger partial charge in [-0.2, -0.15) is 0 Å². The van der Waals surface area contributed by atoms with Crippen molar-refractivity contribution in [3.63, 3.8) is 0 Å². The minimum atomic E-state index is -0.504. The molecule has 0 amide bonds. The summed E-state index contributed by atoms with van der Waals surface area (Å²) in [6.07, 6.45) is 6.67. The number of hydrogen-bond donors (Lipinski definition) is 1. The van der Waals surface area contributed by atoms with Crippen LogP contribution in [-0.4, -0.2) is 33.7 Å². The van der Waals surface area contributed by atoms with E-state index in [0.717, 1.165) is 11.3 Å². The van der Waals surface area contributed by atoms with Crippen LogP contribution < -0.4 is 0 Å². The van der Waals surface area contributed by atoms with E-state index in [-0.39, 0.29) is 0 Å². The van der Waals surface area contributed by atoms with E-state index in [1.54, 1.807) is 23.0 Å². The van der Waals surface area contributed by atoms with E-state index in [1.807, 2.05) is 25.3 Å². The lowest BCUT2D eigenvalue weighted by atomic mass is 10.2. The number of nitrogens with zero attached hydrogens (tertiary/aromatic N) is 2. The van der Waals surface area contributed by atoms with Crippen molar-refractivity contribution in [1.82, 2.24) is 4.98 Å². The Balaban J connectivity index is 2.44. The Morgan fingerprint density at radius 3 is 2.92 bits per heavy atom. The third-order valence-electron chi connectivity index (χ3n) is 2.16. The van der Waals surface area contributed by atoms with Gasteiger partial charge in [0.25, 0.3) is 6.23 Å². The minimum absolute atomic E-state index is 0.504. The van der Waals surface area contributed by atoms with Gasteiger partial charge in [-0.15, -0.1) is 0 Å². The Labute approximate surface area is 76.7 Å². The fourth-order valence-electron chi connectivity index (χ4n) is 1.38. The second-order valence-electron chi connectivity index (χ2n) is 3.01. The number of pyridine rings is 1. The largest absolute Gasteiger partial charge is 0.334 e. The molecule has 66 valence electrons. The molecule has 1 atom stereocenters. The van der Waals surface area contributed by atoms with Crippen LogP contribution in [-0.2, 0) is 0 Å². The molecule has 3 heteroatoms. The van der Waals surface area contributed by atoms with Gasteiger partial charge in [0, 0.05) is 24.5 Å². The summed E-state index contributed by atoms with van der Waals surface area (Å²) < 4.78 is 1.80. The summed E-state index contributed by atoms with van der Waals surface area (Å²) in [6.45, 7) is 0. The van der Waals surface area contributed by atoms with Crippen LogP contribution in [0, 0.1) is 0 Å². The lowest BCUT2D eigenvalue weighted by molar-refractivity contribution is -0.564. The number of hydrogen-bond acceptors (Lipinski definition) is 2. The zero-order valence-corrected chi connectivity index (χ0v) is 7.38. The molecule has 0 saturated carbocycles. The fraction of sp³-hybridized carbons (Fsp3) is 0.200. The summed E-state index contributed by atoms with van der Waals surface area (Å²) in [6, 6.07) is 3.86. The Bertz CT molecular complexity index is 368. The Hall–Kier alpha value is -1.48. The van der Waals surface area contributed by atoms with Gasteiger partial charge in [-0.1, -0.05) is 0 Å². The smallest absolute Gasteiger partial charge is 0.275 e. The number of allylic oxidation sites excluding steroid dienone is 1. The van der Waals surface area contributed by atoms with Crippen molar-refractivity contribution in [3.05, 3.63) is 42.2 Å². The van der Waals surface area contributed by atoms with Crippen molar-refractivity contribution >= 4 is 5.71 Å². The Morgan fingerprint density at radius 1 is 1.54 bits per heavy atom. The predicted octanol–water partition coefficient (Wildman–Crippen LogP) is 0.401. The standard InChI is InChI=1S/C10H11N2O/c1-12-9(4-5-10(12)13)8-3-2-6-11-7-8/h2-7,10,13H,1H3/q+1. The highest BCUT2D eigenvalue weighted by Crippen LogP contribution is 2.07. The SMILES string of the molecule is C[N+]1=C(c2cccnc2)C=CC1O. The first-order chi connectivity index (χ1) is 6.29. The van der Waals surface area contributed by atoms with Crippen LogP contribution in [0.1, 0.15) is 5.56 Å². The third kappa shape index (κ3) is 1.38. The van der Waals surface area contributed by atoms with Crippen LogP contribution in [0.5, 0.6) is 0 Å². The fourth-order valence-corrected chi connectivity index (χ4v) is 1.38. The summed E-state index contributed by atoms with van der Waals surface area (Å²) in [4.78, 5) is 4.03. The highest BCUT2D eigenvalue weighted by atomic mass is 16.3. The first-order valence-electron chi connectivity index (χ1n) is 4.15. The summed E-state index contributed by atoms with van der Waals surface area (Å²) in [5.74, 6) is 0. The Kier molecular flexibility index (Phi) is 1.94. The van der Waals surface area contributed by atoms with Gasteiger partial charge < -0.3 is 5.11 Å². The van der Waals surface area contributed by atoms with Crippen LogP contribution in [0.2, 0.25) is 0 Å². The Morgan fingerprint density at radius 2 is 2.38 bits per heavy atom. The number of rotatable bonds is 1. The minimum Gasteiger partial charge on any atom is -0.334 e. The van der Waals surface area contributed by atoms with Gasteiger partial charge >= 0.3 is 0 Å². The first-order valence-corrected chi connectivity index (χ1v) is 4.15. The lowest BCUT2D eigenvalue weighted by Gasteiger charge is -1.99. The van der Waals surface area contributed by atoms with Crippen LogP contribution in [0.4, 0.5) is 0 Å². The molecule has 0 radical (unpaired) electrons. The molecule has 1 N–H and O–H groups in total. The second kappa shape index (κ2) is 3.11. The average molecular weight is 175 g/mol. The van der Waals surface area contributed by atoms with Crippen LogP contribution in [0.3, 0.4) is 0 Å². The molecule has 0 saturated heterocycles. The van der Waals surface area contributed by atoms with Crippen LogP contribution in [0.15, 0.2) is 36.7 Å². The normalized spacial score (nSPS) is 21.2. The zero-order valence-electron chi connectivity index (χ0n) is 7.38. The van der Waals surface area contributed by atoms with E-state index in [1.165, 1.54) is 0 Å². The molecule has 0 fully saturated rings. The van der Waals surface area contributed by atoms with Crippen molar-refractivity contribution in [3.8, 4) is 0 Å². The number of likely N-dealkylation sites (N-methyl/N-ethyl adjacent to an activating group) is 1. The molecule has 1 unspecified atom stereocenters. The molecule has 0 bridgehead atoms. The maximum Gasteiger partial charge on any atom is 0.275 e. The van der Waals surface area contributed by atoms with E-state index in [0.29, 0.717) is 0 Å². The number of aromatic nitrogens is 1. The highest BCUT2D eigenvalue weighted by Gasteiger charge is 2.22. The third-order valence-corrected chi connectivity index (χ3v) is 2.16. The molecule has 0 aliphatic carbocycles. The van der Waals surface area contributed by atoms with Crippen LogP contribution >= 0.6 is 0 Å². The summed E-state index contributed by atoms with van der Waals surface area (Å²) >= 11 is 0. The summed E-state index contributed by atoms with van der Waals surface area (Å²) in [7, 11) is 1.85. The lowest BCUT2D eigenvalue weighted by Crippen LogP contribution is -2.21. The summed E-state index contributed by atoms with van der Waals surface area (Å²) in [5, 5.41) is 9.43. The number of aliphatic hydroxyl groups is 1. The van der Waals surface area contributed by atoms with Crippen molar-refractivity contribution in [2.75, 3.05) is 7.05 Å². The average Bonchev–Trinajstić information content (AvgIpc) is 2.49. The molecule has 2 heterocycles. The van der Waals surface area contributed by atoms with Gasteiger partial charge in [0.2, 0.25) is 5.71 Å². The first kappa shape index (κ1) is 8.13. The summed E-state index contributed by atoms with van der Waals surface area (Å²) in [5.41, 5.74) is 2.03. The van der Waals surface area contributed by atoms with E-state index in [9.17, 15) is 5.11 Å². The maximum absolute atomic E-state index is 9.43. The molecule has 0 aromatic carbocycles. The van der Waals surface area contributed by atoms with Gasteiger partial charge in [-0.05, 0) is 12.1 Å². The molecule has 2 rings (SSSR count). The van der Waals surface area contributed by atoms with Gasteiger partial charge in [0.1, 0.15) is 7.05 Å². The predicted molar refractivity (Wildman–Crippen MR) is 49.7 cm³/mol. The maximum atomic E-state index is 9.43. The van der Waals surface area contributed by atoms with Crippen molar-refractivity contribution in [2.24, 2.45) is 0 Å². The van der Waals surface area contributed by atoms with Gasteiger partial charge in [0.15, 0.2) is 0 Å². The van der Waals surface area contributed by atoms with Crippen LogP contribution in [0.25, 0.3) is 0 Å². The van der Waals surface area contributed by atoms with E-state index in [2.05, 4.69) is 4.98 Å². The highest BCUT2D eigenvalue weighted by molar-refractivity contribution is 6.05. The molecule has 3 nitrogen and oxygen atoms in total. The van der Waals surface area contributed by atoms with E-state index >= 15 is 0 Å². The van der Waals surface area contributed by atoms with E-state index < -0.39 is 6.23 Å². The molecular weight excluding hydrogens is 164 g/mol. The van der Waals surface area contributed by atoms with Crippen molar-refractivity contribution in [1.29, 1.82) is 0 Å². The molecule has 0 spiro atoms. The second-order valence-corrected chi connectivity index (χ2v) is 3.01.